The average molecular weight is 409 g/mol. The molecule has 29 heavy (non-hydrogen) atoms. The Balaban J connectivity index is 1.26. The highest BCUT2D eigenvalue weighted by Gasteiger charge is 2.31. The van der Waals surface area contributed by atoms with Gasteiger partial charge in [-0.1, -0.05) is 17.3 Å². The second-order valence-corrected chi connectivity index (χ2v) is 7.53. The molecule has 0 radical (unpaired) electrons. The summed E-state index contributed by atoms with van der Waals surface area (Å²) in [6.45, 7) is 2.31. The van der Waals surface area contributed by atoms with Crippen LogP contribution >= 0.6 is 0 Å². The number of alkyl halides is 3. The lowest BCUT2D eigenvalue weighted by molar-refractivity contribution is -0.274. The molecule has 2 aromatic rings. The fourth-order valence-electron chi connectivity index (χ4n) is 3.44. The smallest absolute Gasteiger partial charge is 0.406 e. The van der Waals surface area contributed by atoms with E-state index >= 15 is 0 Å². The summed E-state index contributed by atoms with van der Waals surface area (Å²) >= 11 is 0. The maximum atomic E-state index is 12.2. The fraction of sp³-hybridized carbons (Fsp3) is 0.526. The third kappa shape index (κ3) is 5.47. The van der Waals surface area contributed by atoms with Gasteiger partial charge in [0.05, 0.1) is 12.2 Å². The minimum atomic E-state index is -4.68. The molecule has 2 fully saturated rings. The molecule has 1 aliphatic heterocycles. The number of benzene rings is 1. The van der Waals surface area contributed by atoms with Crippen molar-refractivity contribution in [2.45, 2.75) is 50.7 Å². The molecule has 4 rings (SSSR count). The van der Waals surface area contributed by atoms with E-state index in [1.165, 1.54) is 12.1 Å². The lowest BCUT2D eigenvalue weighted by atomic mass is 10.0. The fourth-order valence-corrected chi connectivity index (χ4v) is 3.44. The number of nitrogens with one attached hydrogen (secondary N) is 1. The highest BCUT2D eigenvalue weighted by Crippen LogP contribution is 2.25. The first-order chi connectivity index (χ1) is 13.9. The van der Waals surface area contributed by atoms with Crippen LogP contribution < -0.4 is 10.1 Å². The molecule has 7 nitrogen and oxygen atoms in total. The molecule has 1 saturated carbocycles. The number of likely N-dealkylation sites (tertiary alicyclic amines) is 1. The number of rotatable bonds is 6. The zero-order valence-corrected chi connectivity index (χ0v) is 15.7. The van der Waals surface area contributed by atoms with Crippen LogP contribution in [-0.4, -0.2) is 51.3 Å². The van der Waals surface area contributed by atoms with Crippen LogP contribution in [0.2, 0.25) is 0 Å². The number of halogens is 3. The Morgan fingerprint density at radius 2 is 1.83 bits per heavy atom. The van der Waals surface area contributed by atoms with Crippen molar-refractivity contribution in [3.05, 3.63) is 41.7 Å². The van der Waals surface area contributed by atoms with Crippen molar-refractivity contribution in [1.29, 1.82) is 0 Å². The van der Waals surface area contributed by atoms with Crippen LogP contribution in [0.5, 0.6) is 5.75 Å². The van der Waals surface area contributed by atoms with E-state index in [1.807, 2.05) is 0 Å². The Kier molecular flexibility index (Phi) is 5.44. The Morgan fingerprint density at radius 3 is 2.45 bits per heavy atom. The van der Waals surface area contributed by atoms with Gasteiger partial charge in [-0.3, -0.25) is 9.69 Å². The standard InChI is InChI=1S/C19H22F3N5O2/c20-19(21,22)29-16-5-1-13(2-6-16)11-26-9-7-15(8-10-26)27-12-17(24-25-27)18(28)23-14-3-4-14/h1-2,5-6,12,14-15H,3-4,7-11H2,(H,23,28). The van der Waals surface area contributed by atoms with Crippen molar-refractivity contribution in [3.8, 4) is 5.75 Å². The van der Waals surface area contributed by atoms with Crippen molar-refractivity contribution in [2.75, 3.05) is 13.1 Å². The topological polar surface area (TPSA) is 72.3 Å². The maximum absolute atomic E-state index is 12.2. The van der Waals surface area contributed by atoms with Crippen molar-refractivity contribution in [2.24, 2.45) is 0 Å². The second-order valence-electron chi connectivity index (χ2n) is 7.53. The van der Waals surface area contributed by atoms with E-state index in [-0.39, 0.29) is 23.7 Å². The van der Waals surface area contributed by atoms with Crippen molar-refractivity contribution in [3.63, 3.8) is 0 Å². The first kappa shape index (κ1) is 19.7. The summed E-state index contributed by atoms with van der Waals surface area (Å²) in [7, 11) is 0. The summed E-state index contributed by atoms with van der Waals surface area (Å²) in [5.74, 6) is -0.387. The summed E-state index contributed by atoms with van der Waals surface area (Å²) in [6.07, 6.45) is 0.804. The van der Waals surface area contributed by atoms with Gasteiger partial charge in [0.25, 0.3) is 5.91 Å². The lowest BCUT2D eigenvalue weighted by Gasteiger charge is -2.31. The third-order valence-electron chi connectivity index (χ3n) is 5.15. The Labute approximate surface area is 165 Å². The van der Waals surface area contributed by atoms with Crippen molar-refractivity contribution < 1.29 is 22.7 Å². The summed E-state index contributed by atoms with van der Waals surface area (Å²) in [5.41, 5.74) is 1.28. The zero-order valence-electron chi connectivity index (χ0n) is 15.7. The van der Waals surface area contributed by atoms with E-state index in [0.29, 0.717) is 12.2 Å². The van der Waals surface area contributed by atoms with E-state index in [4.69, 9.17) is 0 Å². The number of hydrogen-bond donors (Lipinski definition) is 1. The van der Waals surface area contributed by atoms with Gasteiger partial charge in [0.2, 0.25) is 0 Å². The molecular formula is C19H22F3N5O2. The molecule has 1 saturated heterocycles. The van der Waals surface area contributed by atoms with Crippen LogP contribution in [0.3, 0.4) is 0 Å². The zero-order chi connectivity index (χ0) is 20.4. The molecule has 156 valence electrons. The number of aromatic nitrogens is 3. The van der Waals surface area contributed by atoms with Crippen molar-refractivity contribution in [1.82, 2.24) is 25.2 Å². The normalized spacial score (nSPS) is 18.6. The van der Waals surface area contributed by atoms with Gasteiger partial charge in [-0.05, 0) is 43.4 Å². The van der Waals surface area contributed by atoms with Gasteiger partial charge < -0.3 is 10.1 Å². The Hall–Kier alpha value is -2.62. The number of amides is 1. The van der Waals surface area contributed by atoms with E-state index in [1.54, 1.807) is 23.0 Å². The van der Waals surface area contributed by atoms with Gasteiger partial charge in [-0.15, -0.1) is 18.3 Å². The predicted octanol–water partition coefficient (Wildman–Crippen LogP) is 2.91. The molecule has 0 atom stereocenters. The molecule has 1 N–H and O–H groups in total. The van der Waals surface area contributed by atoms with Crippen molar-refractivity contribution >= 4 is 5.91 Å². The molecular weight excluding hydrogens is 387 g/mol. The van der Waals surface area contributed by atoms with Crippen LogP contribution in [0, 0.1) is 0 Å². The van der Waals surface area contributed by atoms with Crippen LogP contribution in [0.15, 0.2) is 30.5 Å². The predicted molar refractivity (Wildman–Crippen MR) is 97.2 cm³/mol. The number of carbonyl (C=O) groups is 1. The summed E-state index contributed by atoms with van der Waals surface area (Å²) in [5, 5.41) is 11.0. The molecule has 0 spiro atoms. The minimum absolute atomic E-state index is 0.172. The summed E-state index contributed by atoms with van der Waals surface area (Å²) in [4.78, 5) is 14.3. The van der Waals surface area contributed by atoms with Gasteiger partial charge in [-0.25, -0.2) is 4.68 Å². The first-order valence-corrected chi connectivity index (χ1v) is 9.65. The second kappa shape index (κ2) is 8.02. The largest absolute Gasteiger partial charge is 0.573 e. The van der Waals surface area contributed by atoms with Crippen LogP contribution in [0.4, 0.5) is 13.2 Å². The van der Waals surface area contributed by atoms with E-state index in [0.717, 1.165) is 44.3 Å². The van der Waals surface area contributed by atoms with Crippen LogP contribution in [0.25, 0.3) is 0 Å². The van der Waals surface area contributed by atoms with Crippen LogP contribution in [0.1, 0.15) is 47.8 Å². The molecule has 1 aromatic heterocycles. The molecule has 0 unspecified atom stereocenters. The van der Waals surface area contributed by atoms with Crippen LogP contribution in [-0.2, 0) is 6.54 Å². The lowest BCUT2D eigenvalue weighted by Crippen LogP contribution is -2.34. The van der Waals surface area contributed by atoms with E-state index < -0.39 is 6.36 Å². The molecule has 1 aliphatic carbocycles. The molecule has 2 heterocycles. The number of piperidine rings is 1. The summed E-state index contributed by atoms with van der Waals surface area (Å²) < 4.78 is 42.4. The van der Waals surface area contributed by atoms with E-state index in [9.17, 15) is 18.0 Å². The number of carbonyl (C=O) groups excluding carboxylic acids is 1. The summed E-state index contributed by atoms with van der Waals surface area (Å²) in [6, 6.07) is 6.43. The third-order valence-corrected chi connectivity index (χ3v) is 5.15. The molecule has 10 heteroatoms. The maximum Gasteiger partial charge on any atom is 0.573 e. The molecule has 1 amide bonds. The first-order valence-electron chi connectivity index (χ1n) is 9.65. The highest BCUT2D eigenvalue weighted by molar-refractivity contribution is 5.92. The van der Waals surface area contributed by atoms with E-state index in [2.05, 4.69) is 25.3 Å². The monoisotopic (exact) mass is 409 g/mol. The SMILES string of the molecule is O=C(NC1CC1)c1cn(C2CCN(Cc3ccc(OC(F)(F)F)cc3)CC2)nn1. The number of hydrogen-bond acceptors (Lipinski definition) is 5. The van der Waals surface area contributed by atoms with Gasteiger partial charge in [0.1, 0.15) is 5.75 Å². The minimum Gasteiger partial charge on any atom is -0.406 e. The van der Waals surface area contributed by atoms with Gasteiger partial charge in [0.15, 0.2) is 5.69 Å². The van der Waals surface area contributed by atoms with Gasteiger partial charge in [0, 0.05) is 25.7 Å². The molecule has 2 aliphatic rings. The average Bonchev–Trinajstić information content (AvgIpc) is 3.34. The quantitative estimate of drug-likeness (QED) is 0.794. The number of ether oxygens (including phenoxy) is 1. The van der Waals surface area contributed by atoms with Gasteiger partial charge in [-0.2, -0.15) is 0 Å². The Bertz CT molecular complexity index is 840. The molecule has 0 bridgehead atoms. The van der Waals surface area contributed by atoms with Gasteiger partial charge >= 0.3 is 6.36 Å². The highest BCUT2D eigenvalue weighted by atomic mass is 19.4. The number of nitrogens with zero attached hydrogens (tertiary/aromatic N) is 4. The Morgan fingerprint density at radius 1 is 1.14 bits per heavy atom. The molecule has 1 aromatic carbocycles.